The minimum atomic E-state index is 0.0701. The van der Waals surface area contributed by atoms with Gasteiger partial charge in [-0.1, -0.05) is 6.07 Å². The molecule has 1 amide bonds. The van der Waals surface area contributed by atoms with Crippen molar-refractivity contribution in [1.29, 1.82) is 0 Å². The van der Waals surface area contributed by atoms with Crippen LogP contribution in [-0.2, 0) is 16.1 Å². The molecule has 4 rings (SSSR count). The smallest absolute Gasteiger partial charge is 0.254 e. The average molecular weight is 353 g/mol. The monoisotopic (exact) mass is 353 g/mol. The first-order chi connectivity index (χ1) is 12.8. The van der Waals surface area contributed by atoms with E-state index in [1.54, 1.807) is 30.7 Å². The molecule has 0 N–H and O–H groups in total. The van der Waals surface area contributed by atoms with Crippen molar-refractivity contribution in [3.8, 4) is 0 Å². The lowest BCUT2D eigenvalue weighted by Gasteiger charge is -2.37. The van der Waals surface area contributed by atoms with E-state index in [2.05, 4.69) is 9.97 Å². The minimum absolute atomic E-state index is 0.0701. The summed E-state index contributed by atoms with van der Waals surface area (Å²) in [5.41, 5.74) is 1.63. The summed E-state index contributed by atoms with van der Waals surface area (Å²) in [4.78, 5) is 23.1. The van der Waals surface area contributed by atoms with Crippen molar-refractivity contribution in [2.75, 3.05) is 19.8 Å². The topological polar surface area (TPSA) is 64.6 Å². The zero-order valence-electron chi connectivity index (χ0n) is 14.7. The second-order valence-corrected chi connectivity index (χ2v) is 6.88. The van der Waals surface area contributed by atoms with Crippen LogP contribution in [0, 0.1) is 5.92 Å². The van der Waals surface area contributed by atoms with Crippen molar-refractivity contribution in [3.63, 3.8) is 0 Å². The summed E-state index contributed by atoms with van der Waals surface area (Å²) in [6, 6.07) is 9.51. The van der Waals surface area contributed by atoms with Gasteiger partial charge in [0.05, 0.1) is 37.7 Å². The highest BCUT2D eigenvalue weighted by molar-refractivity contribution is 5.94. The molecule has 1 aliphatic heterocycles. The van der Waals surface area contributed by atoms with Crippen molar-refractivity contribution in [2.45, 2.75) is 31.6 Å². The van der Waals surface area contributed by atoms with Gasteiger partial charge in [-0.05, 0) is 43.0 Å². The molecular formula is C20H23N3O3. The zero-order chi connectivity index (χ0) is 17.8. The highest BCUT2D eigenvalue weighted by Gasteiger charge is 2.43. The molecule has 2 aromatic heterocycles. The maximum absolute atomic E-state index is 12.9. The Kier molecular flexibility index (Phi) is 5.22. The lowest BCUT2D eigenvalue weighted by atomic mass is 10.1. The molecule has 26 heavy (non-hydrogen) atoms. The predicted molar refractivity (Wildman–Crippen MR) is 95.4 cm³/mol. The Morgan fingerprint density at radius 1 is 1.19 bits per heavy atom. The van der Waals surface area contributed by atoms with Gasteiger partial charge in [-0.2, -0.15) is 0 Å². The highest BCUT2D eigenvalue weighted by atomic mass is 16.5. The Morgan fingerprint density at radius 2 is 2.08 bits per heavy atom. The van der Waals surface area contributed by atoms with Crippen molar-refractivity contribution in [1.82, 2.24) is 14.9 Å². The van der Waals surface area contributed by atoms with Gasteiger partial charge in [0.15, 0.2) is 0 Å². The molecule has 2 fully saturated rings. The summed E-state index contributed by atoms with van der Waals surface area (Å²) in [5.74, 6) is 0.473. The number of nitrogens with zero attached hydrogens (tertiary/aromatic N) is 3. The number of morpholine rings is 1. The van der Waals surface area contributed by atoms with Gasteiger partial charge >= 0.3 is 0 Å². The third-order valence-corrected chi connectivity index (χ3v) is 5.15. The van der Waals surface area contributed by atoms with Crippen LogP contribution in [0.2, 0.25) is 0 Å². The molecule has 0 bridgehead atoms. The summed E-state index contributed by atoms with van der Waals surface area (Å²) >= 11 is 0. The molecule has 3 atom stereocenters. The average Bonchev–Trinajstić information content (AvgIpc) is 3.12. The van der Waals surface area contributed by atoms with Gasteiger partial charge in [0.2, 0.25) is 0 Å². The summed E-state index contributed by atoms with van der Waals surface area (Å²) in [7, 11) is 0. The van der Waals surface area contributed by atoms with E-state index >= 15 is 0 Å². The number of hydrogen-bond acceptors (Lipinski definition) is 5. The number of carbonyl (C=O) groups is 1. The van der Waals surface area contributed by atoms with Crippen LogP contribution in [-0.4, -0.2) is 52.7 Å². The predicted octanol–water partition coefficient (Wildman–Crippen LogP) is 2.31. The van der Waals surface area contributed by atoms with E-state index in [1.165, 1.54) is 0 Å². The van der Waals surface area contributed by atoms with E-state index < -0.39 is 0 Å². The number of pyridine rings is 2. The van der Waals surface area contributed by atoms with Gasteiger partial charge < -0.3 is 14.4 Å². The van der Waals surface area contributed by atoms with Crippen LogP contribution in [0.1, 0.15) is 28.9 Å². The molecule has 0 aromatic carbocycles. The molecule has 1 saturated heterocycles. The lowest BCUT2D eigenvalue weighted by molar-refractivity contribution is -0.0450. The summed E-state index contributed by atoms with van der Waals surface area (Å²) in [6.07, 6.45) is 7.07. The van der Waals surface area contributed by atoms with Crippen molar-refractivity contribution >= 4 is 5.91 Å². The van der Waals surface area contributed by atoms with Gasteiger partial charge in [-0.3, -0.25) is 14.8 Å². The maximum Gasteiger partial charge on any atom is 0.254 e. The molecule has 2 aromatic rings. The van der Waals surface area contributed by atoms with Crippen LogP contribution < -0.4 is 0 Å². The van der Waals surface area contributed by atoms with Gasteiger partial charge in [0.25, 0.3) is 5.91 Å². The SMILES string of the molecule is O=C(c1ccncc1)N1CCO[C@@H]2C[C@H](COCc3ccccn3)C[C@H]21. The fourth-order valence-corrected chi connectivity index (χ4v) is 3.91. The molecule has 136 valence electrons. The second-order valence-electron chi connectivity index (χ2n) is 6.88. The molecular weight excluding hydrogens is 330 g/mol. The number of aromatic nitrogens is 2. The molecule has 3 heterocycles. The minimum Gasteiger partial charge on any atom is -0.375 e. The van der Waals surface area contributed by atoms with Crippen LogP contribution in [0.4, 0.5) is 0 Å². The standard InChI is InChI=1S/C20H23N3O3/c24-20(16-4-7-21-8-5-16)23-9-10-26-19-12-15(11-18(19)23)13-25-14-17-3-1-2-6-22-17/h1-8,15,18-19H,9-14H2/t15-,18-,19-/m1/s1. The normalized spacial score (nSPS) is 25.1. The highest BCUT2D eigenvalue weighted by Crippen LogP contribution is 2.35. The van der Waals surface area contributed by atoms with Crippen molar-refractivity contribution in [2.24, 2.45) is 5.92 Å². The van der Waals surface area contributed by atoms with Crippen molar-refractivity contribution in [3.05, 3.63) is 60.2 Å². The fourth-order valence-electron chi connectivity index (χ4n) is 3.91. The summed E-state index contributed by atoms with van der Waals surface area (Å²) in [6.45, 7) is 2.43. The molecule has 0 unspecified atom stereocenters. The first kappa shape index (κ1) is 17.1. The van der Waals surface area contributed by atoms with Gasteiger partial charge in [0, 0.05) is 30.7 Å². The van der Waals surface area contributed by atoms with Crippen LogP contribution in [0.25, 0.3) is 0 Å². The van der Waals surface area contributed by atoms with E-state index in [0.29, 0.717) is 37.8 Å². The Hall–Kier alpha value is -2.31. The van der Waals surface area contributed by atoms with E-state index in [4.69, 9.17) is 9.47 Å². The van der Waals surface area contributed by atoms with E-state index in [-0.39, 0.29) is 18.1 Å². The molecule has 0 spiro atoms. The third-order valence-electron chi connectivity index (χ3n) is 5.15. The number of carbonyl (C=O) groups excluding carboxylic acids is 1. The van der Waals surface area contributed by atoms with Gasteiger partial charge in [-0.15, -0.1) is 0 Å². The number of amides is 1. The molecule has 2 aliphatic rings. The van der Waals surface area contributed by atoms with Crippen LogP contribution in [0.3, 0.4) is 0 Å². The number of fused-ring (bicyclic) bond motifs is 1. The quantitative estimate of drug-likeness (QED) is 0.825. The Labute approximate surface area is 153 Å². The van der Waals surface area contributed by atoms with Crippen LogP contribution >= 0.6 is 0 Å². The zero-order valence-corrected chi connectivity index (χ0v) is 14.7. The molecule has 1 aliphatic carbocycles. The fraction of sp³-hybridized carbons (Fsp3) is 0.450. The Balaban J connectivity index is 1.35. The lowest BCUT2D eigenvalue weighted by Crippen LogP contribution is -2.51. The van der Waals surface area contributed by atoms with E-state index in [1.807, 2.05) is 23.1 Å². The second kappa shape index (κ2) is 7.93. The first-order valence-electron chi connectivity index (χ1n) is 9.11. The van der Waals surface area contributed by atoms with E-state index in [9.17, 15) is 4.79 Å². The van der Waals surface area contributed by atoms with Crippen LogP contribution in [0.15, 0.2) is 48.9 Å². The van der Waals surface area contributed by atoms with Crippen molar-refractivity contribution < 1.29 is 14.3 Å². The van der Waals surface area contributed by atoms with E-state index in [0.717, 1.165) is 18.5 Å². The van der Waals surface area contributed by atoms with Gasteiger partial charge in [-0.25, -0.2) is 0 Å². The molecule has 6 nitrogen and oxygen atoms in total. The Bertz CT molecular complexity index is 726. The van der Waals surface area contributed by atoms with Gasteiger partial charge in [0.1, 0.15) is 0 Å². The Morgan fingerprint density at radius 3 is 2.88 bits per heavy atom. The molecule has 0 radical (unpaired) electrons. The summed E-state index contributed by atoms with van der Waals surface area (Å²) in [5, 5.41) is 0. The number of ether oxygens (including phenoxy) is 2. The molecule has 1 saturated carbocycles. The number of rotatable bonds is 5. The number of hydrogen-bond donors (Lipinski definition) is 0. The largest absolute Gasteiger partial charge is 0.375 e. The molecule has 6 heteroatoms. The first-order valence-corrected chi connectivity index (χ1v) is 9.11. The van der Waals surface area contributed by atoms with Crippen LogP contribution in [0.5, 0.6) is 0 Å². The third kappa shape index (κ3) is 3.76. The maximum atomic E-state index is 12.9. The summed E-state index contributed by atoms with van der Waals surface area (Å²) < 4.78 is 11.8.